The van der Waals surface area contributed by atoms with Gasteiger partial charge >= 0.3 is 0 Å². The zero-order valence-electron chi connectivity index (χ0n) is 10.1. The zero-order valence-corrected chi connectivity index (χ0v) is 11.7. The monoisotopic (exact) mass is 307 g/mol. The Morgan fingerprint density at radius 2 is 2.28 bits per heavy atom. The number of hydrogen-bond acceptors (Lipinski definition) is 3. The van der Waals surface area contributed by atoms with Crippen LogP contribution in [0.4, 0.5) is 5.82 Å². The van der Waals surface area contributed by atoms with Gasteiger partial charge in [-0.2, -0.15) is 5.10 Å². The Hall–Kier alpha value is -1.33. The lowest BCUT2D eigenvalue weighted by molar-refractivity contribution is 0.110. The average Bonchev–Trinajstić information content (AvgIpc) is 2.71. The number of halogens is 1. The van der Waals surface area contributed by atoms with E-state index in [1.54, 1.807) is 0 Å². The highest BCUT2D eigenvalue weighted by Crippen LogP contribution is 2.27. The highest BCUT2D eigenvalue weighted by molar-refractivity contribution is 9.10. The third-order valence-corrected chi connectivity index (χ3v) is 4.13. The molecule has 4 nitrogen and oxygen atoms in total. The molecule has 0 radical (unpaired) electrons. The van der Waals surface area contributed by atoms with Gasteiger partial charge in [-0.05, 0) is 30.7 Å². The van der Waals surface area contributed by atoms with Gasteiger partial charge in [-0.15, -0.1) is 0 Å². The van der Waals surface area contributed by atoms with Gasteiger partial charge in [0.25, 0.3) is 0 Å². The van der Waals surface area contributed by atoms with E-state index in [2.05, 4.69) is 34.0 Å². The summed E-state index contributed by atoms with van der Waals surface area (Å²) in [5.74, 6) is 0.574. The second-order valence-corrected chi connectivity index (χ2v) is 5.31. The van der Waals surface area contributed by atoms with Gasteiger partial charge in [0.05, 0.1) is 24.6 Å². The molecule has 3 rings (SSSR count). The van der Waals surface area contributed by atoms with Gasteiger partial charge in [-0.3, -0.25) is 0 Å². The molecule has 0 aliphatic carbocycles. The molecule has 0 atom stereocenters. The predicted molar refractivity (Wildman–Crippen MR) is 73.8 cm³/mol. The molecular weight excluding hydrogens is 294 g/mol. The van der Waals surface area contributed by atoms with Crippen LogP contribution < -0.4 is 5.73 Å². The van der Waals surface area contributed by atoms with Crippen LogP contribution in [0.15, 0.2) is 22.7 Å². The molecule has 94 valence electrons. The molecule has 1 aromatic carbocycles. The van der Waals surface area contributed by atoms with E-state index in [4.69, 9.17) is 10.5 Å². The second kappa shape index (κ2) is 4.40. The molecule has 1 aliphatic heterocycles. The number of nitrogens with zero attached hydrogens (tertiary/aromatic N) is 2. The van der Waals surface area contributed by atoms with Crippen molar-refractivity contribution in [2.45, 2.75) is 20.0 Å². The Labute approximate surface area is 114 Å². The fourth-order valence-electron chi connectivity index (χ4n) is 2.24. The van der Waals surface area contributed by atoms with Crippen LogP contribution in [0.5, 0.6) is 0 Å². The molecule has 0 spiro atoms. The van der Waals surface area contributed by atoms with Gasteiger partial charge in [-0.1, -0.05) is 15.9 Å². The number of aromatic nitrogens is 2. The van der Waals surface area contributed by atoms with Crippen molar-refractivity contribution in [1.82, 2.24) is 9.78 Å². The summed E-state index contributed by atoms with van der Waals surface area (Å²) < 4.78 is 8.47. The second-order valence-electron chi connectivity index (χ2n) is 4.46. The Morgan fingerprint density at radius 1 is 1.44 bits per heavy atom. The number of benzene rings is 1. The van der Waals surface area contributed by atoms with Crippen molar-refractivity contribution in [3.8, 4) is 5.69 Å². The highest BCUT2D eigenvalue weighted by atomic mass is 79.9. The van der Waals surface area contributed by atoms with Gasteiger partial charge < -0.3 is 10.5 Å². The number of ether oxygens (including phenoxy) is 1. The molecular formula is C13H14BrN3O. The summed E-state index contributed by atoms with van der Waals surface area (Å²) in [6, 6.07) is 6.18. The number of fused-ring (bicyclic) bond motifs is 1. The first-order valence-electron chi connectivity index (χ1n) is 5.87. The third kappa shape index (κ3) is 1.83. The molecule has 0 saturated heterocycles. The van der Waals surface area contributed by atoms with Gasteiger partial charge in [0.15, 0.2) is 5.82 Å². The van der Waals surface area contributed by atoms with Crippen LogP contribution in [0.2, 0.25) is 0 Å². The molecule has 0 amide bonds. The number of aryl methyl sites for hydroxylation is 1. The van der Waals surface area contributed by atoms with Crippen molar-refractivity contribution in [2.75, 3.05) is 12.3 Å². The average molecular weight is 308 g/mol. The maximum atomic E-state index is 5.95. The summed E-state index contributed by atoms with van der Waals surface area (Å²) in [7, 11) is 0. The minimum Gasteiger partial charge on any atom is -0.382 e. The standard InChI is InChI=1S/C13H14BrN3O/c1-8-6-9(2-3-11(8)14)17-12-4-5-18-7-10(12)13(15)16-17/h2-3,6H,4-5,7H2,1H3,(H2,15,16). The van der Waals surface area contributed by atoms with E-state index in [1.807, 2.05) is 16.8 Å². The molecule has 18 heavy (non-hydrogen) atoms. The summed E-state index contributed by atoms with van der Waals surface area (Å²) in [4.78, 5) is 0. The number of anilines is 1. The van der Waals surface area contributed by atoms with Gasteiger partial charge in [0.2, 0.25) is 0 Å². The van der Waals surface area contributed by atoms with E-state index >= 15 is 0 Å². The summed E-state index contributed by atoms with van der Waals surface area (Å²) in [6.45, 7) is 3.36. The Morgan fingerprint density at radius 3 is 3.06 bits per heavy atom. The van der Waals surface area contributed by atoms with Crippen molar-refractivity contribution >= 4 is 21.7 Å². The first-order valence-corrected chi connectivity index (χ1v) is 6.66. The van der Waals surface area contributed by atoms with E-state index in [9.17, 15) is 0 Å². The molecule has 0 bridgehead atoms. The zero-order chi connectivity index (χ0) is 12.7. The molecule has 5 heteroatoms. The lowest BCUT2D eigenvalue weighted by Crippen LogP contribution is -2.13. The highest BCUT2D eigenvalue weighted by Gasteiger charge is 2.20. The summed E-state index contributed by atoms with van der Waals surface area (Å²) in [5.41, 5.74) is 10.4. The first-order chi connectivity index (χ1) is 8.66. The molecule has 0 unspecified atom stereocenters. The smallest absolute Gasteiger partial charge is 0.151 e. The van der Waals surface area contributed by atoms with Crippen molar-refractivity contribution in [3.05, 3.63) is 39.5 Å². The summed E-state index contributed by atoms with van der Waals surface area (Å²) >= 11 is 3.51. The number of hydrogen-bond donors (Lipinski definition) is 1. The summed E-state index contributed by atoms with van der Waals surface area (Å²) in [6.07, 6.45) is 0.856. The molecule has 0 saturated carbocycles. The quantitative estimate of drug-likeness (QED) is 0.881. The number of nitrogen functional groups attached to an aromatic ring is 1. The van der Waals surface area contributed by atoms with E-state index in [0.29, 0.717) is 12.4 Å². The van der Waals surface area contributed by atoms with E-state index in [0.717, 1.165) is 28.8 Å². The van der Waals surface area contributed by atoms with Crippen LogP contribution in [0.25, 0.3) is 5.69 Å². The molecule has 2 aromatic rings. The van der Waals surface area contributed by atoms with E-state index in [-0.39, 0.29) is 0 Å². The lowest BCUT2D eigenvalue weighted by atomic mass is 10.1. The third-order valence-electron chi connectivity index (χ3n) is 3.24. The minimum atomic E-state index is 0.566. The minimum absolute atomic E-state index is 0.566. The largest absolute Gasteiger partial charge is 0.382 e. The fourth-order valence-corrected chi connectivity index (χ4v) is 2.48. The van der Waals surface area contributed by atoms with Crippen LogP contribution >= 0.6 is 15.9 Å². The Bertz CT molecular complexity index is 607. The maximum absolute atomic E-state index is 5.95. The number of nitrogens with two attached hydrogens (primary N) is 1. The van der Waals surface area contributed by atoms with Crippen molar-refractivity contribution < 1.29 is 4.74 Å². The molecule has 0 fully saturated rings. The van der Waals surface area contributed by atoms with Gasteiger partial charge in [-0.25, -0.2) is 4.68 Å². The number of rotatable bonds is 1. The fraction of sp³-hybridized carbons (Fsp3) is 0.308. The normalized spacial score (nSPS) is 14.6. The maximum Gasteiger partial charge on any atom is 0.151 e. The van der Waals surface area contributed by atoms with Crippen molar-refractivity contribution in [2.24, 2.45) is 0 Å². The van der Waals surface area contributed by atoms with Crippen LogP contribution in [-0.2, 0) is 17.8 Å². The molecule has 1 aromatic heterocycles. The van der Waals surface area contributed by atoms with Crippen molar-refractivity contribution in [1.29, 1.82) is 0 Å². The molecule has 1 aliphatic rings. The topological polar surface area (TPSA) is 53.1 Å². The Balaban J connectivity index is 2.14. The van der Waals surface area contributed by atoms with Crippen molar-refractivity contribution in [3.63, 3.8) is 0 Å². The summed E-state index contributed by atoms with van der Waals surface area (Å²) in [5, 5.41) is 4.43. The molecule has 2 heterocycles. The van der Waals surface area contributed by atoms with Crippen LogP contribution in [-0.4, -0.2) is 16.4 Å². The van der Waals surface area contributed by atoms with Gasteiger partial charge in [0.1, 0.15) is 0 Å². The Kier molecular flexibility index (Phi) is 2.87. The SMILES string of the molecule is Cc1cc(-n2nc(N)c3c2CCOC3)ccc1Br. The van der Waals surface area contributed by atoms with Gasteiger partial charge in [0, 0.05) is 16.5 Å². The van der Waals surface area contributed by atoms with Crippen LogP contribution in [0.3, 0.4) is 0 Å². The van der Waals surface area contributed by atoms with Crippen LogP contribution in [0.1, 0.15) is 16.8 Å². The van der Waals surface area contributed by atoms with Crippen LogP contribution in [0, 0.1) is 6.92 Å². The lowest BCUT2D eigenvalue weighted by Gasteiger charge is -2.15. The molecule has 2 N–H and O–H groups in total. The van der Waals surface area contributed by atoms with E-state index in [1.165, 1.54) is 11.3 Å². The van der Waals surface area contributed by atoms with E-state index < -0.39 is 0 Å². The predicted octanol–water partition coefficient (Wildman–Crippen LogP) is 2.60. The first kappa shape index (κ1) is 11.7.